The molecule has 0 aliphatic rings. The van der Waals surface area contributed by atoms with Gasteiger partial charge in [0, 0.05) is 0 Å². The fraction of sp³-hybridized carbons (Fsp3) is 0.538. The third kappa shape index (κ3) is 4.32. The monoisotopic (exact) mass is 260 g/mol. The quantitative estimate of drug-likeness (QED) is 0.858. The Bertz CT molecular complexity index is 355. The van der Waals surface area contributed by atoms with Gasteiger partial charge in [-0.25, -0.2) is 0 Å². The Hall–Kier alpha value is -0.240. The first-order chi connectivity index (χ1) is 7.29. The average Bonchev–Trinajstić information content (AvgIpc) is 2.09. The molecular weight excluding hydrogens is 243 g/mol. The largest absolute Gasteiger partial charge is 0.393 e. The van der Waals surface area contributed by atoms with Crippen LogP contribution in [0.25, 0.3) is 0 Å². The third-order valence-electron chi connectivity index (χ3n) is 2.34. The fourth-order valence-electron chi connectivity index (χ4n) is 1.74. The van der Waals surface area contributed by atoms with Gasteiger partial charge in [0.1, 0.15) is 0 Å². The van der Waals surface area contributed by atoms with E-state index >= 15 is 0 Å². The summed E-state index contributed by atoms with van der Waals surface area (Å²) in [6.07, 6.45) is 0.919. The Kier molecular flexibility index (Phi) is 4.66. The first-order valence-corrected chi connectivity index (χ1v) is 6.16. The van der Waals surface area contributed by atoms with Crippen molar-refractivity contribution in [3.63, 3.8) is 0 Å². The minimum absolute atomic E-state index is 0.116. The molecule has 16 heavy (non-hydrogen) atoms. The number of halogens is 2. The van der Waals surface area contributed by atoms with E-state index in [1.807, 2.05) is 12.1 Å². The van der Waals surface area contributed by atoms with Gasteiger partial charge in [0.2, 0.25) is 0 Å². The standard InChI is InChI=1S/C13H18Cl2O/c1-13(2,3)8-10(16)7-9-5-4-6-11(14)12(9)15/h4-6,10,16H,7-8H2,1-3H3. The van der Waals surface area contributed by atoms with Gasteiger partial charge in [-0.1, -0.05) is 56.1 Å². The number of aliphatic hydroxyl groups excluding tert-OH is 1. The second kappa shape index (κ2) is 5.39. The summed E-state index contributed by atoms with van der Waals surface area (Å²) in [5.74, 6) is 0. The summed E-state index contributed by atoms with van der Waals surface area (Å²) in [5.41, 5.74) is 1.02. The highest BCUT2D eigenvalue weighted by molar-refractivity contribution is 6.42. The van der Waals surface area contributed by atoms with Gasteiger partial charge >= 0.3 is 0 Å². The van der Waals surface area contributed by atoms with Crippen molar-refractivity contribution in [2.45, 2.75) is 39.7 Å². The maximum Gasteiger partial charge on any atom is 0.0625 e. The van der Waals surface area contributed by atoms with Gasteiger partial charge in [0.05, 0.1) is 16.1 Å². The Morgan fingerprint density at radius 3 is 2.44 bits per heavy atom. The molecule has 1 nitrogen and oxygen atoms in total. The van der Waals surface area contributed by atoms with Crippen molar-refractivity contribution in [2.24, 2.45) is 5.41 Å². The van der Waals surface area contributed by atoms with Crippen LogP contribution in [0.2, 0.25) is 10.0 Å². The lowest BCUT2D eigenvalue weighted by Gasteiger charge is -2.22. The molecule has 0 saturated carbocycles. The second-order valence-electron chi connectivity index (χ2n) is 5.34. The molecule has 1 N–H and O–H groups in total. The first-order valence-electron chi connectivity index (χ1n) is 5.40. The van der Waals surface area contributed by atoms with Crippen molar-refractivity contribution in [3.05, 3.63) is 33.8 Å². The van der Waals surface area contributed by atoms with Crippen LogP contribution in [0.4, 0.5) is 0 Å². The Balaban J connectivity index is 2.70. The molecule has 1 aromatic rings. The van der Waals surface area contributed by atoms with E-state index in [2.05, 4.69) is 20.8 Å². The molecule has 1 aromatic carbocycles. The molecule has 3 heteroatoms. The minimum Gasteiger partial charge on any atom is -0.393 e. The van der Waals surface area contributed by atoms with Gasteiger partial charge in [-0.05, 0) is 29.9 Å². The minimum atomic E-state index is -0.379. The molecule has 1 atom stereocenters. The molecule has 0 aliphatic heterocycles. The van der Waals surface area contributed by atoms with Crippen LogP contribution in [0.1, 0.15) is 32.8 Å². The van der Waals surface area contributed by atoms with Crippen LogP contribution in [-0.2, 0) is 6.42 Å². The molecule has 1 rings (SSSR count). The number of benzene rings is 1. The lowest BCUT2D eigenvalue weighted by molar-refractivity contribution is 0.121. The van der Waals surface area contributed by atoms with E-state index in [1.54, 1.807) is 6.07 Å². The maximum atomic E-state index is 9.95. The molecule has 90 valence electrons. The van der Waals surface area contributed by atoms with Crippen LogP contribution in [0.3, 0.4) is 0 Å². The Labute approximate surface area is 107 Å². The van der Waals surface area contributed by atoms with Gasteiger partial charge in [0.15, 0.2) is 0 Å². The summed E-state index contributed by atoms with van der Waals surface area (Å²) < 4.78 is 0. The van der Waals surface area contributed by atoms with Crippen LogP contribution in [0.5, 0.6) is 0 Å². The van der Waals surface area contributed by atoms with E-state index in [-0.39, 0.29) is 11.5 Å². The van der Waals surface area contributed by atoms with Crippen molar-refractivity contribution >= 4 is 23.2 Å². The van der Waals surface area contributed by atoms with E-state index in [4.69, 9.17) is 23.2 Å². The lowest BCUT2D eigenvalue weighted by Crippen LogP contribution is -2.19. The fourth-order valence-corrected chi connectivity index (χ4v) is 2.14. The highest BCUT2D eigenvalue weighted by atomic mass is 35.5. The maximum absolute atomic E-state index is 9.95. The number of aliphatic hydroxyl groups is 1. The second-order valence-corrected chi connectivity index (χ2v) is 6.12. The highest BCUT2D eigenvalue weighted by Gasteiger charge is 2.18. The Morgan fingerprint density at radius 1 is 1.25 bits per heavy atom. The van der Waals surface area contributed by atoms with Gasteiger partial charge in [-0.15, -0.1) is 0 Å². The summed E-state index contributed by atoms with van der Waals surface area (Å²) >= 11 is 12.0. The van der Waals surface area contributed by atoms with E-state index < -0.39 is 0 Å². The van der Waals surface area contributed by atoms with E-state index in [0.717, 1.165) is 12.0 Å². The van der Waals surface area contributed by atoms with Gasteiger partial charge in [-0.2, -0.15) is 0 Å². The molecule has 0 saturated heterocycles. The number of hydrogen-bond acceptors (Lipinski definition) is 1. The smallest absolute Gasteiger partial charge is 0.0625 e. The zero-order valence-electron chi connectivity index (χ0n) is 9.93. The van der Waals surface area contributed by atoms with Gasteiger partial charge in [-0.3, -0.25) is 0 Å². The average molecular weight is 261 g/mol. The van der Waals surface area contributed by atoms with Crippen LogP contribution < -0.4 is 0 Å². The predicted octanol–water partition coefficient (Wildman–Crippen LogP) is 4.33. The molecule has 0 radical (unpaired) electrons. The highest BCUT2D eigenvalue weighted by Crippen LogP contribution is 2.28. The topological polar surface area (TPSA) is 20.2 Å². The van der Waals surface area contributed by atoms with E-state index in [0.29, 0.717) is 16.5 Å². The summed E-state index contributed by atoms with van der Waals surface area (Å²) in [5, 5.41) is 11.0. The van der Waals surface area contributed by atoms with Crippen LogP contribution in [0.15, 0.2) is 18.2 Å². The summed E-state index contributed by atoms with van der Waals surface area (Å²) in [6, 6.07) is 5.51. The summed E-state index contributed by atoms with van der Waals surface area (Å²) in [4.78, 5) is 0. The molecule has 0 amide bonds. The van der Waals surface area contributed by atoms with Crippen molar-refractivity contribution in [1.82, 2.24) is 0 Å². The SMILES string of the molecule is CC(C)(C)CC(O)Cc1cccc(Cl)c1Cl. The van der Waals surface area contributed by atoms with Crippen LogP contribution in [-0.4, -0.2) is 11.2 Å². The zero-order valence-corrected chi connectivity index (χ0v) is 11.4. The normalized spacial score (nSPS) is 13.9. The molecule has 0 spiro atoms. The van der Waals surface area contributed by atoms with Crippen molar-refractivity contribution in [3.8, 4) is 0 Å². The molecule has 1 unspecified atom stereocenters. The molecular formula is C13H18Cl2O. The lowest BCUT2D eigenvalue weighted by atomic mass is 9.87. The third-order valence-corrected chi connectivity index (χ3v) is 3.19. The van der Waals surface area contributed by atoms with E-state index in [1.165, 1.54) is 0 Å². The van der Waals surface area contributed by atoms with Gasteiger partial charge in [0.25, 0.3) is 0 Å². The van der Waals surface area contributed by atoms with Gasteiger partial charge < -0.3 is 5.11 Å². The molecule has 0 fully saturated rings. The molecule has 0 heterocycles. The molecule has 0 bridgehead atoms. The van der Waals surface area contributed by atoms with Crippen molar-refractivity contribution in [2.75, 3.05) is 0 Å². The predicted molar refractivity (Wildman–Crippen MR) is 70.2 cm³/mol. The van der Waals surface area contributed by atoms with Crippen LogP contribution in [0, 0.1) is 5.41 Å². The number of rotatable bonds is 3. The summed E-state index contributed by atoms with van der Waals surface area (Å²) in [7, 11) is 0. The van der Waals surface area contributed by atoms with Crippen molar-refractivity contribution < 1.29 is 5.11 Å². The summed E-state index contributed by atoms with van der Waals surface area (Å²) in [6.45, 7) is 6.32. The van der Waals surface area contributed by atoms with Crippen molar-refractivity contribution in [1.29, 1.82) is 0 Å². The Morgan fingerprint density at radius 2 is 1.88 bits per heavy atom. The number of hydrogen-bond donors (Lipinski definition) is 1. The van der Waals surface area contributed by atoms with E-state index in [9.17, 15) is 5.11 Å². The zero-order chi connectivity index (χ0) is 12.3. The van der Waals surface area contributed by atoms with Crippen LogP contribution >= 0.6 is 23.2 Å². The first kappa shape index (κ1) is 13.8. The molecule has 0 aromatic heterocycles. The molecule has 0 aliphatic carbocycles.